The van der Waals surface area contributed by atoms with Gasteiger partial charge in [-0.3, -0.25) is 4.79 Å². The van der Waals surface area contributed by atoms with Crippen LogP contribution in [0.5, 0.6) is 0 Å². The van der Waals surface area contributed by atoms with E-state index in [0.717, 1.165) is 0 Å². The van der Waals surface area contributed by atoms with Gasteiger partial charge in [-0.1, -0.05) is 6.58 Å². The summed E-state index contributed by atoms with van der Waals surface area (Å²) >= 11 is 0. The highest BCUT2D eigenvalue weighted by Crippen LogP contribution is 2.26. The largest absolute Gasteiger partial charge is 0.462 e. The molecule has 102 valence electrons. The van der Waals surface area contributed by atoms with Gasteiger partial charge in [0.25, 0.3) is 0 Å². The van der Waals surface area contributed by atoms with Crippen molar-refractivity contribution in [2.24, 2.45) is 0 Å². The highest BCUT2D eigenvalue weighted by Gasteiger charge is 2.43. The maximum Gasteiger partial charge on any atom is 0.333 e. The average molecular weight is 258 g/mol. The molecule has 0 aliphatic carbocycles. The number of esters is 2. The van der Waals surface area contributed by atoms with Crippen LogP contribution in [-0.2, 0) is 28.5 Å². The van der Waals surface area contributed by atoms with Crippen LogP contribution in [0.3, 0.4) is 0 Å². The topological polar surface area (TPSA) is 71.1 Å². The van der Waals surface area contributed by atoms with E-state index in [9.17, 15) is 9.59 Å². The van der Waals surface area contributed by atoms with Crippen molar-refractivity contribution in [3.8, 4) is 0 Å². The summed E-state index contributed by atoms with van der Waals surface area (Å²) < 4.78 is 20.8. The molecule has 1 saturated heterocycles. The third kappa shape index (κ3) is 3.82. The zero-order valence-corrected chi connectivity index (χ0v) is 10.9. The summed E-state index contributed by atoms with van der Waals surface area (Å²) in [5, 5.41) is 0. The Labute approximate surface area is 106 Å². The zero-order valence-electron chi connectivity index (χ0n) is 10.9. The van der Waals surface area contributed by atoms with E-state index in [2.05, 4.69) is 6.58 Å². The molecule has 1 unspecified atom stereocenters. The molecule has 1 heterocycles. The van der Waals surface area contributed by atoms with E-state index in [4.69, 9.17) is 18.9 Å². The lowest BCUT2D eigenvalue weighted by atomic mass is 10.2. The first kappa shape index (κ1) is 14.7. The fraction of sp³-hybridized carbons (Fsp3) is 0.667. The summed E-state index contributed by atoms with van der Waals surface area (Å²) in [6.45, 7) is 8.61. The Bertz CT molecular complexity index is 342. The predicted octanol–water partition coefficient (Wildman–Crippen LogP) is 0.800. The second kappa shape index (κ2) is 5.97. The summed E-state index contributed by atoms with van der Waals surface area (Å²) in [5.74, 6) is -2.14. The minimum absolute atomic E-state index is 0.120. The van der Waals surface area contributed by atoms with E-state index >= 15 is 0 Å². The van der Waals surface area contributed by atoms with Gasteiger partial charge in [0, 0.05) is 12.5 Å². The second-order valence-electron chi connectivity index (χ2n) is 4.19. The van der Waals surface area contributed by atoms with E-state index < -0.39 is 23.8 Å². The summed E-state index contributed by atoms with van der Waals surface area (Å²) in [5.41, 5.74) is 0.254. The number of hydrogen-bond acceptors (Lipinski definition) is 6. The Hall–Kier alpha value is -1.40. The lowest BCUT2D eigenvalue weighted by Crippen LogP contribution is -2.46. The molecule has 1 aliphatic heterocycles. The van der Waals surface area contributed by atoms with Crippen molar-refractivity contribution >= 4 is 11.9 Å². The van der Waals surface area contributed by atoms with Gasteiger partial charge in [-0.25, -0.2) is 4.79 Å². The average Bonchev–Trinajstić information content (AvgIpc) is 2.71. The highest BCUT2D eigenvalue weighted by molar-refractivity contribution is 5.87. The molecule has 1 rings (SSSR count). The van der Waals surface area contributed by atoms with E-state index in [0.29, 0.717) is 13.2 Å². The van der Waals surface area contributed by atoms with Crippen molar-refractivity contribution in [1.82, 2.24) is 0 Å². The monoisotopic (exact) mass is 258 g/mol. The zero-order chi connectivity index (χ0) is 13.8. The molecule has 18 heavy (non-hydrogen) atoms. The van der Waals surface area contributed by atoms with E-state index in [1.807, 2.05) is 0 Å². The second-order valence-corrected chi connectivity index (χ2v) is 4.19. The fourth-order valence-electron chi connectivity index (χ4n) is 1.43. The molecule has 6 heteroatoms. The van der Waals surface area contributed by atoms with Gasteiger partial charge in [-0.05, 0) is 13.8 Å². The molecule has 0 spiro atoms. The van der Waals surface area contributed by atoms with Gasteiger partial charge in [0.1, 0.15) is 6.61 Å². The van der Waals surface area contributed by atoms with Crippen molar-refractivity contribution in [2.45, 2.75) is 32.7 Å². The van der Waals surface area contributed by atoms with Crippen LogP contribution in [0.4, 0.5) is 0 Å². The van der Waals surface area contributed by atoms with Crippen molar-refractivity contribution in [2.75, 3.05) is 19.8 Å². The van der Waals surface area contributed by atoms with Crippen LogP contribution in [0.1, 0.15) is 20.8 Å². The summed E-state index contributed by atoms with van der Waals surface area (Å²) in [6.07, 6.45) is -0.826. The smallest absolute Gasteiger partial charge is 0.333 e. The first-order valence-electron chi connectivity index (χ1n) is 5.63. The summed E-state index contributed by atoms with van der Waals surface area (Å²) in [7, 11) is 0. The third-order valence-electron chi connectivity index (χ3n) is 2.48. The van der Waals surface area contributed by atoms with E-state index in [1.54, 1.807) is 6.92 Å². The van der Waals surface area contributed by atoms with E-state index in [1.165, 1.54) is 13.8 Å². The molecular formula is C12H18O6. The normalized spacial score (nSPS) is 19.1. The summed E-state index contributed by atoms with van der Waals surface area (Å²) in [6, 6.07) is 0. The third-order valence-corrected chi connectivity index (χ3v) is 2.48. The van der Waals surface area contributed by atoms with Crippen molar-refractivity contribution < 1.29 is 28.5 Å². The van der Waals surface area contributed by atoms with Crippen LogP contribution >= 0.6 is 0 Å². The van der Waals surface area contributed by atoms with Crippen LogP contribution in [0, 0.1) is 0 Å². The molecule has 1 aliphatic rings. The molecule has 0 aromatic rings. The number of ether oxygens (including phenoxy) is 4. The predicted molar refractivity (Wildman–Crippen MR) is 61.6 cm³/mol. The van der Waals surface area contributed by atoms with Crippen molar-refractivity contribution in [1.29, 1.82) is 0 Å². The lowest BCUT2D eigenvalue weighted by molar-refractivity contribution is -0.230. The lowest BCUT2D eigenvalue weighted by Gasteiger charge is -2.31. The van der Waals surface area contributed by atoms with Crippen LogP contribution in [0.2, 0.25) is 0 Å². The molecule has 0 aromatic carbocycles. The SMILES string of the molecule is C=C(C)C(=O)OC(COC(C)=O)C1(C)OCCO1. The van der Waals surface area contributed by atoms with Crippen LogP contribution in [0.25, 0.3) is 0 Å². The molecule has 0 saturated carbocycles. The van der Waals surface area contributed by atoms with Crippen LogP contribution in [0.15, 0.2) is 12.2 Å². The molecule has 1 atom stereocenters. The van der Waals surface area contributed by atoms with Crippen LogP contribution in [-0.4, -0.2) is 43.7 Å². The number of carbonyl (C=O) groups excluding carboxylic acids is 2. The summed E-state index contributed by atoms with van der Waals surface area (Å²) in [4.78, 5) is 22.3. The fourth-order valence-corrected chi connectivity index (χ4v) is 1.43. The Morgan fingerprint density at radius 1 is 1.33 bits per heavy atom. The van der Waals surface area contributed by atoms with Gasteiger partial charge in [0.05, 0.1) is 13.2 Å². The standard InChI is InChI=1S/C12H18O6/c1-8(2)11(14)18-10(7-15-9(3)13)12(4)16-5-6-17-12/h10H,1,5-7H2,2-4H3. The van der Waals surface area contributed by atoms with Gasteiger partial charge in [0.2, 0.25) is 5.79 Å². The van der Waals surface area contributed by atoms with Gasteiger partial charge in [-0.15, -0.1) is 0 Å². The molecule has 0 aromatic heterocycles. The maximum atomic E-state index is 11.5. The first-order chi connectivity index (χ1) is 8.35. The highest BCUT2D eigenvalue weighted by atomic mass is 16.8. The Kier molecular flexibility index (Phi) is 4.86. The minimum Gasteiger partial charge on any atom is -0.462 e. The molecule has 0 bridgehead atoms. The van der Waals surface area contributed by atoms with Gasteiger partial charge >= 0.3 is 11.9 Å². The van der Waals surface area contributed by atoms with E-state index in [-0.39, 0.29) is 12.2 Å². The molecule has 1 fully saturated rings. The first-order valence-corrected chi connectivity index (χ1v) is 5.63. The number of carbonyl (C=O) groups is 2. The molecule has 6 nitrogen and oxygen atoms in total. The van der Waals surface area contributed by atoms with Crippen molar-refractivity contribution in [3.63, 3.8) is 0 Å². The molecular weight excluding hydrogens is 240 g/mol. The van der Waals surface area contributed by atoms with Crippen LogP contribution < -0.4 is 0 Å². The molecule has 0 radical (unpaired) electrons. The Morgan fingerprint density at radius 2 is 1.89 bits per heavy atom. The maximum absolute atomic E-state index is 11.5. The van der Waals surface area contributed by atoms with Crippen molar-refractivity contribution in [3.05, 3.63) is 12.2 Å². The quantitative estimate of drug-likeness (QED) is 0.536. The Balaban J connectivity index is 2.71. The Morgan fingerprint density at radius 3 is 2.33 bits per heavy atom. The van der Waals surface area contributed by atoms with Gasteiger partial charge in [0.15, 0.2) is 6.10 Å². The molecule has 0 N–H and O–H groups in total. The van der Waals surface area contributed by atoms with Gasteiger partial charge in [-0.2, -0.15) is 0 Å². The number of hydrogen-bond donors (Lipinski definition) is 0. The van der Waals surface area contributed by atoms with Gasteiger partial charge < -0.3 is 18.9 Å². The molecule has 0 amide bonds. The number of rotatable bonds is 5. The minimum atomic E-state index is -1.10.